The predicted molar refractivity (Wildman–Crippen MR) is 94.2 cm³/mol. The number of hydroxylamine groups is 1. The van der Waals surface area contributed by atoms with Gasteiger partial charge in [-0.2, -0.15) is 0 Å². The third-order valence-corrected chi connectivity index (χ3v) is 6.74. The summed E-state index contributed by atoms with van der Waals surface area (Å²) >= 11 is 0. The fourth-order valence-electron chi connectivity index (χ4n) is 3.00. The number of nitrogens with one attached hydrogen (secondary N) is 1. The number of carbonyl (C=O) groups is 1. The quantitative estimate of drug-likeness (QED) is 0.502. The molecule has 1 aliphatic heterocycles. The van der Waals surface area contributed by atoms with Crippen LogP contribution in [0.5, 0.6) is 11.5 Å². The highest BCUT2D eigenvalue weighted by Gasteiger charge is 2.53. The number of aliphatic hydroxyl groups is 1. The molecule has 0 saturated carbocycles. The van der Waals surface area contributed by atoms with Gasteiger partial charge in [0.15, 0.2) is 15.4 Å². The summed E-state index contributed by atoms with van der Waals surface area (Å²) in [5.74, 6) is -1.21. The average Bonchev–Trinajstić information content (AvgIpc) is 2.68. The normalized spacial score (nSPS) is 22.5. The van der Waals surface area contributed by atoms with Gasteiger partial charge in [-0.3, -0.25) is 10.0 Å². The molecular weight excluding hydrogens is 393 g/mol. The van der Waals surface area contributed by atoms with Crippen LogP contribution in [0.3, 0.4) is 0 Å². The number of halogens is 1. The number of hydrogen-bond acceptors (Lipinski definition) is 7. The molecule has 0 aliphatic carbocycles. The number of hydrogen-bond donors (Lipinski definition) is 3. The standard InChI is InChI=1S/C18H18FNO7S/c19-12-2-1-3-14(10-12)27-13-4-6-15(7-5-13)28(24,25)16-8-9-26-11-18(16,22)17(21)20-23/h1-7,10,16,22-23H,8-9,11H2,(H,20,21). The Hall–Kier alpha value is -2.53. The molecule has 1 saturated heterocycles. The van der Waals surface area contributed by atoms with E-state index in [-0.39, 0.29) is 29.4 Å². The van der Waals surface area contributed by atoms with Crippen molar-refractivity contribution in [3.63, 3.8) is 0 Å². The third-order valence-electron chi connectivity index (χ3n) is 4.43. The Kier molecular flexibility index (Phi) is 5.66. The molecule has 2 unspecified atom stereocenters. The van der Waals surface area contributed by atoms with Crippen LogP contribution in [-0.4, -0.2) is 48.7 Å². The average molecular weight is 411 g/mol. The lowest BCUT2D eigenvalue weighted by atomic mass is 9.95. The third kappa shape index (κ3) is 3.85. The Balaban J connectivity index is 1.86. The molecule has 3 rings (SSSR count). The monoisotopic (exact) mass is 411 g/mol. The summed E-state index contributed by atoms with van der Waals surface area (Å²) in [6.45, 7) is -0.532. The van der Waals surface area contributed by atoms with E-state index in [0.717, 1.165) is 0 Å². The van der Waals surface area contributed by atoms with Crippen molar-refractivity contribution in [2.24, 2.45) is 0 Å². The van der Waals surface area contributed by atoms with E-state index in [1.54, 1.807) is 6.07 Å². The minimum atomic E-state index is -4.14. The van der Waals surface area contributed by atoms with E-state index in [0.29, 0.717) is 0 Å². The smallest absolute Gasteiger partial charge is 0.279 e. The van der Waals surface area contributed by atoms with Gasteiger partial charge in [0.1, 0.15) is 22.6 Å². The van der Waals surface area contributed by atoms with E-state index in [4.69, 9.17) is 14.7 Å². The Morgan fingerprint density at radius 1 is 1.21 bits per heavy atom. The molecule has 3 N–H and O–H groups in total. The molecule has 1 fully saturated rings. The van der Waals surface area contributed by atoms with Gasteiger partial charge < -0.3 is 14.6 Å². The summed E-state index contributed by atoms with van der Waals surface area (Å²) < 4.78 is 49.7. The minimum absolute atomic E-state index is 0.0334. The van der Waals surface area contributed by atoms with Gasteiger partial charge in [-0.05, 0) is 42.8 Å². The first-order valence-electron chi connectivity index (χ1n) is 8.29. The fraction of sp³-hybridized carbons (Fsp3) is 0.278. The molecule has 0 radical (unpaired) electrons. The van der Waals surface area contributed by atoms with Crippen molar-refractivity contribution in [2.75, 3.05) is 13.2 Å². The molecule has 0 aromatic heterocycles. The largest absolute Gasteiger partial charge is 0.457 e. The maximum absolute atomic E-state index is 13.2. The van der Waals surface area contributed by atoms with Gasteiger partial charge in [0.2, 0.25) is 0 Å². The molecule has 2 aromatic carbocycles. The van der Waals surface area contributed by atoms with Crippen molar-refractivity contribution in [3.8, 4) is 11.5 Å². The maximum atomic E-state index is 13.2. The number of sulfone groups is 1. The van der Waals surface area contributed by atoms with E-state index in [1.807, 2.05) is 0 Å². The molecule has 2 aromatic rings. The molecule has 1 aliphatic rings. The highest BCUT2D eigenvalue weighted by atomic mass is 32.2. The van der Waals surface area contributed by atoms with Gasteiger partial charge in [-0.1, -0.05) is 6.07 Å². The summed E-state index contributed by atoms with van der Waals surface area (Å²) in [6, 6.07) is 10.7. The second-order valence-corrected chi connectivity index (χ2v) is 8.40. The molecule has 0 spiro atoms. The number of benzene rings is 2. The van der Waals surface area contributed by atoms with Gasteiger partial charge in [0.25, 0.3) is 5.91 Å². The van der Waals surface area contributed by atoms with Gasteiger partial charge in [-0.25, -0.2) is 18.3 Å². The van der Waals surface area contributed by atoms with Crippen LogP contribution in [0.4, 0.5) is 4.39 Å². The van der Waals surface area contributed by atoms with E-state index in [9.17, 15) is 22.7 Å². The number of rotatable bonds is 5. The molecule has 1 amide bonds. The fourth-order valence-corrected chi connectivity index (χ4v) is 4.94. The minimum Gasteiger partial charge on any atom is -0.457 e. The van der Waals surface area contributed by atoms with Crippen LogP contribution in [0.1, 0.15) is 6.42 Å². The van der Waals surface area contributed by atoms with Crippen LogP contribution < -0.4 is 10.2 Å². The van der Waals surface area contributed by atoms with Crippen LogP contribution in [-0.2, 0) is 19.4 Å². The second kappa shape index (κ2) is 7.84. The highest BCUT2D eigenvalue weighted by Crippen LogP contribution is 2.32. The zero-order chi connectivity index (χ0) is 20.4. The summed E-state index contributed by atoms with van der Waals surface area (Å²) in [4.78, 5) is 11.7. The second-order valence-electron chi connectivity index (χ2n) is 6.27. The van der Waals surface area contributed by atoms with Gasteiger partial charge >= 0.3 is 0 Å². The first-order valence-corrected chi connectivity index (χ1v) is 9.84. The van der Waals surface area contributed by atoms with Gasteiger partial charge in [0, 0.05) is 12.7 Å². The molecular formula is C18H18FNO7S. The number of carbonyl (C=O) groups excluding carboxylic acids is 1. The summed E-state index contributed by atoms with van der Waals surface area (Å²) in [5, 5.41) is 17.9. The van der Waals surface area contributed by atoms with Crippen molar-refractivity contribution in [1.29, 1.82) is 0 Å². The Bertz CT molecular complexity index is 964. The van der Waals surface area contributed by atoms with E-state index in [1.165, 1.54) is 47.9 Å². The van der Waals surface area contributed by atoms with Crippen molar-refractivity contribution in [2.45, 2.75) is 22.2 Å². The van der Waals surface area contributed by atoms with E-state index < -0.39 is 39.0 Å². The lowest BCUT2D eigenvalue weighted by Crippen LogP contribution is -2.62. The molecule has 150 valence electrons. The van der Waals surface area contributed by atoms with E-state index >= 15 is 0 Å². The summed E-state index contributed by atoms with van der Waals surface area (Å²) in [7, 11) is -4.14. The van der Waals surface area contributed by atoms with E-state index in [2.05, 4.69) is 0 Å². The lowest BCUT2D eigenvalue weighted by Gasteiger charge is -2.36. The molecule has 10 heteroatoms. The van der Waals surface area contributed by atoms with Gasteiger partial charge in [-0.15, -0.1) is 0 Å². The predicted octanol–water partition coefficient (Wildman–Crippen LogP) is 1.42. The molecule has 0 bridgehead atoms. The molecule has 8 nitrogen and oxygen atoms in total. The Morgan fingerprint density at radius 2 is 1.93 bits per heavy atom. The zero-order valence-electron chi connectivity index (χ0n) is 14.5. The first kappa shape index (κ1) is 20.2. The van der Waals surface area contributed by atoms with Crippen molar-refractivity contribution in [3.05, 3.63) is 54.3 Å². The number of ether oxygens (including phenoxy) is 2. The molecule has 2 atom stereocenters. The Morgan fingerprint density at radius 3 is 2.57 bits per heavy atom. The van der Waals surface area contributed by atoms with Crippen LogP contribution >= 0.6 is 0 Å². The lowest BCUT2D eigenvalue weighted by molar-refractivity contribution is -0.161. The Labute approximate surface area is 160 Å². The van der Waals surface area contributed by atoms with Crippen LogP contribution in [0, 0.1) is 5.82 Å². The van der Waals surface area contributed by atoms with Crippen molar-refractivity contribution in [1.82, 2.24) is 5.48 Å². The highest BCUT2D eigenvalue weighted by molar-refractivity contribution is 7.92. The maximum Gasteiger partial charge on any atom is 0.279 e. The SMILES string of the molecule is O=C(NO)C1(O)COCCC1S(=O)(=O)c1ccc(Oc2cccc(F)c2)cc1. The molecule has 1 heterocycles. The van der Waals surface area contributed by atoms with Crippen LogP contribution in [0.25, 0.3) is 0 Å². The zero-order valence-corrected chi connectivity index (χ0v) is 15.4. The summed E-state index contributed by atoms with van der Waals surface area (Å²) in [5.41, 5.74) is -1.14. The van der Waals surface area contributed by atoms with Crippen molar-refractivity contribution < 1.29 is 37.4 Å². The summed E-state index contributed by atoms with van der Waals surface area (Å²) in [6.07, 6.45) is -0.131. The van der Waals surface area contributed by atoms with Crippen molar-refractivity contribution >= 4 is 15.7 Å². The van der Waals surface area contributed by atoms with Crippen LogP contribution in [0.15, 0.2) is 53.4 Å². The van der Waals surface area contributed by atoms with Gasteiger partial charge in [0.05, 0.1) is 11.5 Å². The number of amides is 1. The first-order chi connectivity index (χ1) is 13.3. The molecule has 28 heavy (non-hydrogen) atoms. The topological polar surface area (TPSA) is 122 Å². The van der Waals surface area contributed by atoms with Crippen LogP contribution in [0.2, 0.25) is 0 Å².